The third-order valence-electron chi connectivity index (χ3n) is 4.43. The van der Waals surface area contributed by atoms with Crippen molar-refractivity contribution in [1.82, 2.24) is 19.3 Å². The van der Waals surface area contributed by atoms with Crippen molar-refractivity contribution in [3.8, 4) is 11.1 Å². The van der Waals surface area contributed by atoms with E-state index in [1.807, 2.05) is 23.3 Å². The molecule has 3 rings (SSSR count). The topological polar surface area (TPSA) is 54.1 Å². The summed E-state index contributed by atoms with van der Waals surface area (Å²) in [4.78, 5) is 4.38. The van der Waals surface area contributed by atoms with Gasteiger partial charge in [-0.05, 0) is 28.0 Å². The highest BCUT2D eigenvalue weighted by atomic mass is 79.9. The fourth-order valence-electron chi connectivity index (χ4n) is 2.88. The van der Waals surface area contributed by atoms with Crippen molar-refractivity contribution in [3.63, 3.8) is 0 Å². The van der Waals surface area contributed by atoms with E-state index < -0.39 is 8.07 Å². The van der Waals surface area contributed by atoms with Gasteiger partial charge in [0.1, 0.15) is 11.3 Å². The van der Waals surface area contributed by atoms with Crippen LogP contribution >= 0.6 is 15.9 Å². The molecule has 0 amide bonds. The van der Waals surface area contributed by atoms with Crippen LogP contribution in [-0.4, -0.2) is 47.7 Å². The normalized spacial score (nSPS) is 12.2. The summed E-state index contributed by atoms with van der Waals surface area (Å²) in [5.74, 6) is 0. The van der Waals surface area contributed by atoms with Crippen LogP contribution in [0.1, 0.15) is 0 Å². The summed E-state index contributed by atoms with van der Waals surface area (Å²) in [5.41, 5.74) is 3.30. The number of halogens is 1. The van der Waals surface area contributed by atoms with E-state index in [2.05, 4.69) is 62.5 Å². The van der Waals surface area contributed by atoms with Gasteiger partial charge in [0.25, 0.3) is 0 Å². The second kappa shape index (κ2) is 8.68. The first-order valence-corrected chi connectivity index (χ1v) is 13.6. The Labute approximate surface area is 169 Å². The van der Waals surface area contributed by atoms with Crippen molar-refractivity contribution in [3.05, 3.63) is 35.5 Å². The Balaban J connectivity index is 1.79. The third kappa shape index (κ3) is 5.28. The van der Waals surface area contributed by atoms with Crippen LogP contribution < -0.4 is 0 Å². The summed E-state index contributed by atoms with van der Waals surface area (Å²) in [6.45, 7) is 9.78. The van der Waals surface area contributed by atoms with E-state index in [9.17, 15) is 0 Å². The van der Waals surface area contributed by atoms with E-state index in [0.717, 1.165) is 45.8 Å². The summed E-state index contributed by atoms with van der Waals surface area (Å²) in [6, 6.07) is 3.21. The molecule has 8 heteroatoms. The van der Waals surface area contributed by atoms with Crippen molar-refractivity contribution in [2.75, 3.05) is 20.3 Å². The molecule has 27 heavy (non-hydrogen) atoms. The van der Waals surface area contributed by atoms with Gasteiger partial charge in [-0.15, -0.1) is 0 Å². The van der Waals surface area contributed by atoms with Gasteiger partial charge in [-0.25, -0.2) is 9.67 Å². The van der Waals surface area contributed by atoms with Gasteiger partial charge in [-0.3, -0.25) is 0 Å². The van der Waals surface area contributed by atoms with Gasteiger partial charge in [-0.2, -0.15) is 5.10 Å². The van der Waals surface area contributed by atoms with Crippen LogP contribution in [0.5, 0.6) is 0 Å². The van der Waals surface area contributed by atoms with Crippen molar-refractivity contribution in [2.24, 2.45) is 0 Å². The van der Waals surface area contributed by atoms with Crippen LogP contribution in [0.3, 0.4) is 0 Å². The van der Waals surface area contributed by atoms with Crippen molar-refractivity contribution in [1.29, 1.82) is 0 Å². The molecule has 146 valence electrons. The minimum absolute atomic E-state index is 0.484. The average molecular weight is 451 g/mol. The van der Waals surface area contributed by atoms with Gasteiger partial charge in [0, 0.05) is 57.2 Å². The highest BCUT2D eigenvalue weighted by molar-refractivity contribution is 9.10. The van der Waals surface area contributed by atoms with Gasteiger partial charge in [-0.1, -0.05) is 19.6 Å². The molecule has 0 aliphatic rings. The Bertz CT molecular complexity index is 901. The van der Waals surface area contributed by atoms with Crippen molar-refractivity contribution < 1.29 is 9.47 Å². The molecular formula is C19H27BrN4O2Si. The Morgan fingerprint density at radius 1 is 1.15 bits per heavy atom. The molecule has 3 heterocycles. The van der Waals surface area contributed by atoms with E-state index in [-0.39, 0.29) is 0 Å². The molecule has 0 aliphatic carbocycles. The maximum atomic E-state index is 5.81. The molecule has 6 nitrogen and oxygen atoms in total. The molecule has 3 aromatic rings. The molecule has 0 unspecified atom stereocenters. The zero-order chi connectivity index (χ0) is 19.4. The first-order valence-electron chi connectivity index (χ1n) is 9.11. The largest absolute Gasteiger partial charge is 0.383 e. The van der Waals surface area contributed by atoms with E-state index in [0.29, 0.717) is 13.3 Å². The van der Waals surface area contributed by atoms with E-state index in [1.165, 1.54) is 0 Å². The van der Waals surface area contributed by atoms with Gasteiger partial charge < -0.3 is 14.0 Å². The summed E-state index contributed by atoms with van der Waals surface area (Å²) in [7, 11) is 0.651. The molecule has 0 fully saturated rings. The molecule has 3 aromatic heterocycles. The van der Waals surface area contributed by atoms with Crippen molar-refractivity contribution in [2.45, 2.75) is 39.0 Å². The number of pyridine rings is 1. The monoisotopic (exact) mass is 450 g/mol. The predicted octanol–water partition coefficient (Wildman–Crippen LogP) is 4.62. The number of rotatable bonds is 9. The third-order valence-corrected chi connectivity index (χ3v) is 6.57. The quantitative estimate of drug-likeness (QED) is 0.271. The van der Waals surface area contributed by atoms with Crippen LogP contribution in [-0.2, 0) is 22.7 Å². The number of methoxy groups -OCH3 is 1. The molecule has 0 saturated heterocycles. The molecule has 0 saturated carbocycles. The van der Waals surface area contributed by atoms with Crippen LogP contribution in [0.4, 0.5) is 0 Å². The standard InChI is InChI=1S/C19H27BrN4O2Si/c1-25-6-5-23-13-17(16-9-19(20)21-11-18(16)23)15-10-22-24(12-15)14-26-7-8-27(2,3)4/h9-13H,5-8,14H2,1-4H3. The number of fused-ring (bicyclic) bond motifs is 1. The lowest BCUT2D eigenvalue weighted by Gasteiger charge is -2.15. The van der Waals surface area contributed by atoms with Crippen LogP contribution in [0, 0.1) is 0 Å². The summed E-state index contributed by atoms with van der Waals surface area (Å²) in [6.07, 6.45) is 7.97. The van der Waals surface area contributed by atoms with Gasteiger partial charge in [0.2, 0.25) is 0 Å². The summed E-state index contributed by atoms with van der Waals surface area (Å²) >= 11 is 3.48. The first kappa shape index (κ1) is 20.3. The second-order valence-electron chi connectivity index (χ2n) is 7.87. The molecule has 0 spiro atoms. The Hall–Kier alpha value is -1.48. The lowest BCUT2D eigenvalue weighted by molar-refractivity contribution is 0.0786. The van der Waals surface area contributed by atoms with Gasteiger partial charge >= 0.3 is 0 Å². The van der Waals surface area contributed by atoms with Gasteiger partial charge in [0.15, 0.2) is 0 Å². The number of nitrogens with zero attached hydrogens (tertiary/aromatic N) is 4. The average Bonchev–Trinajstić information content (AvgIpc) is 3.20. The maximum absolute atomic E-state index is 5.81. The summed E-state index contributed by atoms with van der Waals surface area (Å²) in [5, 5.41) is 5.61. The number of ether oxygens (including phenoxy) is 2. The highest BCUT2D eigenvalue weighted by Crippen LogP contribution is 2.31. The fourth-order valence-corrected chi connectivity index (χ4v) is 3.96. The number of aromatic nitrogens is 4. The van der Waals surface area contributed by atoms with Crippen LogP contribution in [0.25, 0.3) is 22.0 Å². The van der Waals surface area contributed by atoms with Crippen LogP contribution in [0.15, 0.2) is 35.5 Å². The lowest BCUT2D eigenvalue weighted by atomic mass is 10.1. The SMILES string of the molecule is COCCn1cc(-c2cnn(COCC[Si](C)(C)C)c2)c2cc(Br)ncc21. The molecular weight excluding hydrogens is 424 g/mol. The van der Waals surface area contributed by atoms with Crippen molar-refractivity contribution >= 4 is 34.9 Å². The summed E-state index contributed by atoms with van der Waals surface area (Å²) < 4.78 is 15.9. The molecule has 0 aliphatic heterocycles. The minimum Gasteiger partial charge on any atom is -0.383 e. The lowest BCUT2D eigenvalue weighted by Crippen LogP contribution is -2.22. The Morgan fingerprint density at radius 2 is 1.96 bits per heavy atom. The van der Waals surface area contributed by atoms with E-state index >= 15 is 0 Å². The first-order chi connectivity index (χ1) is 12.9. The van der Waals surface area contributed by atoms with E-state index in [1.54, 1.807) is 7.11 Å². The molecule has 0 N–H and O–H groups in total. The Kier molecular flexibility index (Phi) is 6.51. The number of hydrogen-bond donors (Lipinski definition) is 0. The Morgan fingerprint density at radius 3 is 2.70 bits per heavy atom. The smallest absolute Gasteiger partial charge is 0.139 e. The number of hydrogen-bond acceptors (Lipinski definition) is 4. The molecule has 0 radical (unpaired) electrons. The molecule has 0 bridgehead atoms. The zero-order valence-corrected chi connectivity index (χ0v) is 19.0. The molecule has 0 aromatic carbocycles. The maximum Gasteiger partial charge on any atom is 0.139 e. The van der Waals surface area contributed by atoms with Gasteiger partial charge in [0.05, 0.1) is 24.5 Å². The van der Waals surface area contributed by atoms with E-state index in [4.69, 9.17) is 9.47 Å². The predicted molar refractivity (Wildman–Crippen MR) is 115 cm³/mol. The minimum atomic E-state index is -1.07. The highest BCUT2D eigenvalue weighted by Gasteiger charge is 2.14. The zero-order valence-electron chi connectivity index (χ0n) is 16.4. The second-order valence-corrected chi connectivity index (χ2v) is 14.3. The fraction of sp³-hybridized carbons (Fsp3) is 0.474. The molecule has 0 atom stereocenters. The van der Waals surface area contributed by atoms with Crippen LogP contribution in [0.2, 0.25) is 25.7 Å².